The first-order valence-electron chi connectivity index (χ1n) is 11.7. The monoisotopic (exact) mass is 445 g/mol. The van der Waals surface area contributed by atoms with Crippen LogP contribution in [0.1, 0.15) is 45.3 Å². The summed E-state index contributed by atoms with van der Waals surface area (Å²) in [5.74, 6) is -1.43. The summed E-state index contributed by atoms with van der Waals surface area (Å²) in [7, 11) is 2.02. The molecule has 1 fully saturated rings. The summed E-state index contributed by atoms with van der Waals surface area (Å²) in [6, 6.07) is 24.7. The SMILES string of the molecule is Cc1c(/C=N\N2C(=O)[C@H]3C4c5ccccc5C(c5ccccc54)[C@@H]3C2=O)c2ccccc2n1C. The average molecular weight is 446 g/mol. The van der Waals surface area contributed by atoms with Crippen molar-refractivity contribution >= 4 is 28.9 Å². The molecular formula is C29H23N3O2. The molecule has 1 aromatic heterocycles. The predicted molar refractivity (Wildman–Crippen MR) is 131 cm³/mol. The van der Waals surface area contributed by atoms with Crippen molar-refractivity contribution in [3.05, 3.63) is 106 Å². The Hall–Kier alpha value is -3.99. The van der Waals surface area contributed by atoms with Gasteiger partial charge in [0, 0.05) is 41.0 Å². The largest absolute Gasteiger partial charge is 0.347 e. The number of para-hydroxylation sites is 1. The van der Waals surface area contributed by atoms with Gasteiger partial charge in [0.25, 0.3) is 11.8 Å². The van der Waals surface area contributed by atoms with Crippen LogP contribution in [0.2, 0.25) is 0 Å². The number of hydrogen-bond acceptors (Lipinski definition) is 3. The van der Waals surface area contributed by atoms with E-state index >= 15 is 0 Å². The minimum atomic E-state index is -0.409. The highest BCUT2D eigenvalue weighted by Crippen LogP contribution is 2.60. The van der Waals surface area contributed by atoms with Crippen LogP contribution in [0.3, 0.4) is 0 Å². The van der Waals surface area contributed by atoms with Crippen LogP contribution in [0.5, 0.6) is 0 Å². The van der Waals surface area contributed by atoms with Gasteiger partial charge in [-0.3, -0.25) is 9.59 Å². The number of imide groups is 1. The van der Waals surface area contributed by atoms with Gasteiger partial charge in [0.2, 0.25) is 0 Å². The van der Waals surface area contributed by atoms with Crippen molar-refractivity contribution in [3.63, 3.8) is 0 Å². The van der Waals surface area contributed by atoms with E-state index in [2.05, 4.69) is 40.0 Å². The Kier molecular flexibility index (Phi) is 3.87. The third-order valence-corrected chi connectivity index (χ3v) is 8.18. The summed E-state index contributed by atoms with van der Waals surface area (Å²) < 4.78 is 2.11. The highest BCUT2D eigenvalue weighted by molar-refractivity contribution is 6.09. The molecule has 0 unspecified atom stereocenters. The van der Waals surface area contributed by atoms with Crippen LogP contribution in [-0.2, 0) is 16.6 Å². The zero-order valence-electron chi connectivity index (χ0n) is 19.0. The fourth-order valence-electron chi connectivity index (χ4n) is 6.60. The Morgan fingerprint density at radius 2 is 1.21 bits per heavy atom. The third kappa shape index (κ3) is 2.31. The molecule has 2 bridgehead atoms. The smallest absolute Gasteiger partial charge is 0.254 e. The first kappa shape index (κ1) is 19.5. The van der Waals surface area contributed by atoms with Crippen molar-refractivity contribution in [1.29, 1.82) is 0 Å². The lowest BCUT2D eigenvalue weighted by atomic mass is 9.55. The molecule has 2 amide bonds. The fourth-order valence-corrected chi connectivity index (χ4v) is 6.60. The molecule has 0 N–H and O–H groups in total. The lowest BCUT2D eigenvalue weighted by Crippen LogP contribution is -2.41. The number of benzene rings is 3. The van der Waals surface area contributed by atoms with E-state index in [1.165, 1.54) is 22.3 Å². The van der Waals surface area contributed by atoms with E-state index < -0.39 is 11.8 Å². The summed E-state index contributed by atoms with van der Waals surface area (Å²) in [4.78, 5) is 27.4. The van der Waals surface area contributed by atoms with Crippen LogP contribution >= 0.6 is 0 Å². The topological polar surface area (TPSA) is 54.7 Å². The molecule has 0 radical (unpaired) electrons. The van der Waals surface area contributed by atoms with Crippen LogP contribution in [-0.4, -0.2) is 27.6 Å². The third-order valence-electron chi connectivity index (χ3n) is 8.18. The maximum atomic E-state index is 13.7. The normalized spacial score (nSPS) is 24.7. The van der Waals surface area contributed by atoms with Gasteiger partial charge < -0.3 is 4.57 Å². The van der Waals surface area contributed by atoms with Crippen LogP contribution < -0.4 is 0 Å². The first-order chi connectivity index (χ1) is 16.6. The first-order valence-corrected chi connectivity index (χ1v) is 11.7. The maximum Gasteiger partial charge on any atom is 0.254 e. The molecule has 1 aliphatic heterocycles. The molecule has 4 aromatic rings. The Morgan fingerprint density at radius 1 is 0.735 bits per heavy atom. The number of hydrogen-bond donors (Lipinski definition) is 0. The van der Waals surface area contributed by atoms with E-state index in [1.54, 1.807) is 6.21 Å². The fraction of sp³-hybridized carbons (Fsp3) is 0.207. The number of aryl methyl sites for hydroxylation is 1. The van der Waals surface area contributed by atoms with Crippen molar-refractivity contribution < 1.29 is 9.59 Å². The molecule has 8 rings (SSSR count). The number of carbonyl (C=O) groups is 2. The molecule has 0 saturated carbocycles. The maximum absolute atomic E-state index is 13.7. The summed E-state index contributed by atoms with van der Waals surface area (Å²) in [5.41, 5.74) is 7.75. The molecule has 2 atom stereocenters. The van der Waals surface area contributed by atoms with Crippen LogP contribution in [0.25, 0.3) is 10.9 Å². The molecule has 3 aliphatic carbocycles. The molecule has 34 heavy (non-hydrogen) atoms. The van der Waals surface area contributed by atoms with Gasteiger partial charge in [-0.05, 0) is 35.2 Å². The molecule has 3 aromatic carbocycles. The Labute approximate surface area is 197 Å². The second-order valence-corrected chi connectivity index (χ2v) is 9.57. The van der Waals surface area contributed by atoms with E-state index in [0.29, 0.717) is 0 Å². The standard InChI is InChI=1S/C29H23N3O2/c1-16-22(17-9-7-8-14-23(17)31(16)2)15-30-32-28(33)26-24-18-10-3-4-11-19(18)25(27(26)29(32)34)21-13-6-5-12-20(21)24/h3-15,24-27H,1-2H3/b30-15-/t24?,25?,26-,27-/m0/s1. The van der Waals surface area contributed by atoms with Gasteiger partial charge in [-0.1, -0.05) is 66.7 Å². The van der Waals surface area contributed by atoms with Crippen molar-refractivity contribution in [1.82, 2.24) is 9.58 Å². The number of nitrogens with zero attached hydrogens (tertiary/aromatic N) is 3. The van der Waals surface area contributed by atoms with Gasteiger partial charge in [0.1, 0.15) is 0 Å². The summed E-state index contributed by atoms with van der Waals surface area (Å²) >= 11 is 0. The minimum Gasteiger partial charge on any atom is -0.347 e. The lowest BCUT2D eigenvalue weighted by molar-refractivity contribution is -0.139. The van der Waals surface area contributed by atoms with Gasteiger partial charge in [-0.2, -0.15) is 10.1 Å². The van der Waals surface area contributed by atoms with Crippen LogP contribution in [0, 0.1) is 18.8 Å². The Balaban J connectivity index is 1.34. The molecule has 5 nitrogen and oxygen atoms in total. The number of rotatable bonds is 2. The molecule has 166 valence electrons. The number of fused-ring (bicyclic) bond motifs is 1. The van der Waals surface area contributed by atoms with Gasteiger partial charge in [0.15, 0.2) is 0 Å². The van der Waals surface area contributed by atoms with E-state index in [-0.39, 0.29) is 23.7 Å². The zero-order chi connectivity index (χ0) is 23.1. The highest BCUT2D eigenvalue weighted by atomic mass is 16.2. The molecule has 4 aliphatic rings. The summed E-state index contributed by atoms with van der Waals surface area (Å²) in [6.07, 6.45) is 1.69. The number of amides is 2. The van der Waals surface area contributed by atoms with Gasteiger partial charge in [0.05, 0.1) is 18.1 Å². The van der Waals surface area contributed by atoms with E-state index in [4.69, 9.17) is 0 Å². The average Bonchev–Trinajstić information content (AvgIpc) is 3.27. The molecule has 1 saturated heterocycles. The Bertz CT molecular complexity index is 1450. The minimum absolute atomic E-state index is 0.113. The van der Waals surface area contributed by atoms with Crippen molar-refractivity contribution in [2.24, 2.45) is 24.0 Å². The zero-order valence-corrected chi connectivity index (χ0v) is 19.0. The predicted octanol–water partition coefficient (Wildman–Crippen LogP) is 4.71. The molecule has 0 spiro atoms. The van der Waals surface area contributed by atoms with Crippen molar-refractivity contribution in [2.75, 3.05) is 0 Å². The lowest BCUT2D eigenvalue weighted by Gasteiger charge is -2.45. The second kappa shape index (κ2) is 6.76. The van der Waals surface area contributed by atoms with Crippen molar-refractivity contribution in [2.45, 2.75) is 18.8 Å². The summed E-state index contributed by atoms with van der Waals surface area (Å²) in [5, 5.41) is 6.73. The molecule has 5 heteroatoms. The van der Waals surface area contributed by atoms with E-state index in [9.17, 15) is 9.59 Å². The van der Waals surface area contributed by atoms with Crippen LogP contribution in [0.15, 0.2) is 77.9 Å². The molecular weight excluding hydrogens is 422 g/mol. The number of carbonyl (C=O) groups excluding carboxylic acids is 2. The van der Waals surface area contributed by atoms with E-state index in [0.717, 1.165) is 27.2 Å². The number of hydrazone groups is 1. The molecule has 2 heterocycles. The highest BCUT2D eigenvalue weighted by Gasteiger charge is 2.61. The van der Waals surface area contributed by atoms with Crippen molar-refractivity contribution in [3.8, 4) is 0 Å². The summed E-state index contributed by atoms with van der Waals surface area (Å²) in [6.45, 7) is 2.03. The quantitative estimate of drug-likeness (QED) is 0.331. The van der Waals surface area contributed by atoms with Gasteiger partial charge >= 0.3 is 0 Å². The van der Waals surface area contributed by atoms with E-state index in [1.807, 2.05) is 56.4 Å². The Morgan fingerprint density at radius 3 is 1.74 bits per heavy atom. The number of aromatic nitrogens is 1. The van der Waals surface area contributed by atoms with Gasteiger partial charge in [-0.25, -0.2) is 0 Å². The van der Waals surface area contributed by atoms with Gasteiger partial charge in [-0.15, -0.1) is 0 Å². The van der Waals surface area contributed by atoms with Crippen LogP contribution in [0.4, 0.5) is 0 Å². The second-order valence-electron chi connectivity index (χ2n) is 9.57.